The molecule has 0 radical (unpaired) electrons. The molecule has 2 unspecified atom stereocenters. The van der Waals surface area contributed by atoms with Crippen LogP contribution in [-0.2, 0) is 6.42 Å². The SMILES string of the molecule is CCCCC(CC)C(Cc1ccc(OC)cc1)NC. The molecule has 0 aliphatic rings. The molecule has 1 rings (SSSR count). The van der Waals surface area contributed by atoms with Gasteiger partial charge in [-0.1, -0.05) is 45.2 Å². The van der Waals surface area contributed by atoms with Crippen LogP contribution in [-0.4, -0.2) is 20.2 Å². The van der Waals surface area contributed by atoms with Crippen molar-refractivity contribution in [1.29, 1.82) is 0 Å². The zero-order valence-electron chi connectivity index (χ0n) is 12.9. The number of unbranched alkanes of at least 4 members (excludes halogenated alkanes) is 1. The third kappa shape index (κ3) is 5.23. The molecule has 0 fully saturated rings. The third-order valence-corrected chi connectivity index (χ3v) is 4.01. The molecule has 2 atom stereocenters. The van der Waals surface area contributed by atoms with E-state index in [1.54, 1.807) is 7.11 Å². The lowest BCUT2D eigenvalue weighted by molar-refractivity contribution is 0.330. The van der Waals surface area contributed by atoms with Gasteiger partial charge in [-0.05, 0) is 43.5 Å². The molecule has 108 valence electrons. The molecule has 0 amide bonds. The molecule has 0 aliphatic heterocycles. The van der Waals surface area contributed by atoms with E-state index in [1.807, 2.05) is 0 Å². The van der Waals surface area contributed by atoms with Crippen LogP contribution in [0, 0.1) is 5.92 Å². The Morgan fingerprint density at radius 2 is 1.84 bits per heavy atom. The maximum absolute atomic E-state index is 5.21. The smallest absolute Gasteiger partial charge is 0.118 e. The first kappa shape index (κ1) is 16.0. The standard InChI is InChI=1S/C17H29NO/c1-5-7-8-15(6-2)17(18-3)13-14-9-11-16(19-4)12-10-14/h9-12,15,17-18H,5-8,13H2,1-4H3. The highest BCUT2D eigenvalue weighted by Gasteiger charge is 2.18. The van der Waals surface area contributed by atoms with Crippen molar-refractivity contribution in [2.24, 2.45) is 5.92 Å². The van der Waals surface area contributed by atoms with E-state index < -0.39 is 0 Å². The van der Waals surface area contributed by atoms with Crippen molar-refractivity contribution in [3.05, 3.63) is 29.8 Å². The molecule has 0 saturated heterocycles. The van der Waals surface area contributed by atoms with E-state index >= 15 is 0 Å². The maximum atomic E-state index is 5.21. The van der Waals surface area contributed by atoms with E-state index in [9.17, 15) is 0 Å². The highest BCUT2D eigenvalue weighted by Crippen LogP contribution is 2.21. The van der Waals surface area contributed by atoms with E-state index in [0.29, 0.717) is 6.04 Å². The van der Waals surface area contributed by atoms with E-state index in [2.05, 4.69) is 50.5 Å². The van der Waals surface area contributed by atoms with Crippen molar-refractivity contribution in [1.82, 2.24) is 5.32 Å². The summed E-state index contributed by atoms with van der Waals surface area (Å²) in [5, 5.41) is 3.51. The molecular formula is C17H29NO. The largest absolute Gasteiger partial charge is 0.497 e. The fourth-order valence-electron chi connectivity index (χ4n) is 2.68. The zero-order valence-corrected chi connectivity index (χ0v) is 12.9. The van der Waals surface area contributed by atoms with Crippen LogP contribution < -0.4 is 10.1 Å². The van der Waals surface area contributed by atoms with Gasteiger partial charge in [0.1, 0.15) is 5.75 Å². The summed E-state index contributed by atoms with van der Waals surface area (Å²) in [5.41, 5.74) is 1.38. The Labute approximate surface area is 118 Å². The van der Waals surface area contributed by atoms with Gasteiger partial charge in [0.25, 0.3) is 0 Å². The normalized spacial score (nSPS) is 14.1. The fraction of sp³-hybridized carbons (Fsp3) is 0.647. The van der Waals surface area contributed by atoms with Crippen LogP contribution in [0.3, 0.4) is 0 Å². The second-order valence-electron chi connectivity index (χ2n) is 5.26. The first-order valence-corrected chi connectivity index (χ1v) is 7.55. The quantitative estimate of drug-likeness (QED) is 0.726. The monoisotopic (exact) mass is 263 g/mol. The van der Waals surface area contributed by atoms with Crippen LogP contribution in [0.25, 0.3) is 0 Å². The summed E-state index contributed by atoms with van der Waals surface area (Å²) < 4.78 is 5.21. The lowest BCUT2D eigenvalue weighted by atomic mass is 9.87. The van der Waals surface area contributed by atoms with Crippen molar-refractivity contribution in [3.63, 3.8) is 0 Å². The molecule has 1 aromatic rings. The van der Waals surface area contributed by atoms with Crippen LogP contribution >= 0.6 is 0 Å². The van der Waals surface area contributed by atoms with E-state index in [4.69, 9.17) is 4.74 Å². The molecule has 0 aliphatic carbocycles. The van der Waals surface area contributed by atoms with Gasteiger partial charge >= 0.3 is 0 Å². The van der Waals surface area contributed by atoms with Crippen LogP contribution in [0.5, 0.6) is 5.75 Å². The highest BCUT2D eigenvalue weighted by atomic mass is 16.5. The molecule has 1 N–H and O–H groups in total. The van der Waals surface area contributed by atoms with Crippen LogP contribution in [0.1, 0.15) is 45.1 Å². The van der Waals surface area contributed by atoms with Gasteiger partial charge in [0.2, 0.25) is 0 Å². The Morgan fingerprint density at radius 1 is 1.16 bits per heavy atom. The summed E-state index contributed by atoms with van der Waals surface area (Å²) in [7, 11) is 3.80. The topological polar surface area (TPSA) is 21.3 Å². The Kier molecular flexibility index (Phi) is 7.57. The number of ether oxygens (including phenoxy) is 1. The second kappa shape index (κ2) is 8.98. The Hall–Kier alpha value is -1.02. The van der Waals surface area contributed by atoms with Gasteiger partial charge in [-0.3, -0.25) is 0 Å². The molecule has 1 aromatic carbocycles. The summed E-state index contributed by atoms with van der Waals surface area (Å²) in [6, 6.07) is 9.03. The molecule has 0 heterocycles. The predicted octanol–water partition coefficient (Wildman–Crippen LogP) is 4.04. The molecular weight excluding hydrogens is 234 g/mol. The van der Waals surface area contributed by atoms with Gasteiger partial charge in [0.15, 0.2) is 0 Å². The summed E-state index contributed by atoms with van der Waals surface area (Å²) in [5.74, 6) is 1.70. The van der Waals surface area contributed by atoms with Gasteiger partial charge in [-0.2, -0.15) is 0 Å². The molecule has 0 spiro atoms. The average Bonchev–Trinajstić information content (AvgIpc) is 2.47. The molecule has 0 bridgehead atoms. The number of hydrogen-bond acceptors (Lipinski definition) is 2. The summed E-state index contributed by atoms with van der Waals surface area (Å²) in [4.78, 5) is 0. The van der Waals surface area contributed by atoms with Crippen molar-refractivity contribution >= 4 is 0 Å². The lowest BCUT2D eigenvalue weighted by Gasteiger charge is -2.26. The third-order valence-electron chi connectivity index (χ3n) is 4.01. The lowest BCUT2D eigenvalue weighted by Crippen LogP contribution is -2.35. The van der Waals surface area contributed by atoms with Crippen LogP contribution in [0.2, 0.25) is 0 Å². The van der Waals surface area contributed by atoms with Crippen molar-refractivity contribution < 1.29 is 4.74 Å². The van der Waals surface area contributed by atoms with Crippen molar-refractivity contribution in [3.8, 4) is 5.75 Å². The minimum absolute atomic E-state index is 0.574. The summed E-state index contributed by atoms with van der Waals surface area (Å²) >= 11 is 0. The Bertz CT molecular complexity index is 334. The van der Waals surface area contributed by atoms with Gasteiger partial charge in [-0.15, -0.1) is 0 Å². The molecule has 2 heteroatoms. The van der Waals surface area contributed by atoms with Gasteiger partial charge < -0.3 is 10.1 Å². The number of nitrogens with one attached hydrogen (secondary N) is 1. The van der Waals surface area contributed by atoms with Crippen LogP contribution in [0.4, 0.5) is 0 Å². The average molecular weight is 263 g/mol. The first-order valence-electron chi connectivity index (χ1n) is 7.55. The Morgan fingerprint density at radius 3 is 2.32 bits per heavy atom. The van der Waals surface area contributed by atoms with Crippen molar-refractivity contribution in [2.45, 2.75) is 52.0 Å². The van der Waals surface area contributed by atoms with Gasteiger partial charge in [0.05, 0.1) is 7.11 Å². The van der Waals surface area contributed by atoms with E-state index in [-0.39, 0.29) is 0 Å². The molecule has 0 aromatic heterocycles. The van der Waals surface area contributed by atoms with E-state index in [0.717, 1.165) is 18.1 Å². The zero-order chi connectivity index (χ0) is 14.1. The number of likely N-dealkylation sites (N-methyl/N-ethyl adjacent to an activating group) is 1. The summed E-state index contributed by atoms with van der Waals surface area (Å²) in [6.07, 6.45) is 6.30. The number of methoxy groups -OCH3 is 1. The second-order valence-corrected chi connectivity index (χ2v) is 5.26. The molecule has 2 nitrogen and oxygen atoms in total. The van der Waals surface area contributed by atoms with Crippen LogP contribution in [0.15, 0.2) is 24.3 Å². The Balaban J connectivity index is 2.62. The first-order chi connectivity index (χ1) is 9.24. The maximum Gasteiger partial charge on any atom is 0.118 e. The predicted molar refractivity (Wildman–Crippen MR) is 82.9 cm³/mol. The van der Waals surface area contributed by atoms with E-state index in [1.165, 1.54) is 31.2 Å². The molecule has 0 saturated carbocycles. The van der Waals surface area contributed by atoms with Gasteiger partial charge in [0, 0.05) is 6.04 Å². The van der Waals surface area contributed by atoms with Crippen molar-refractivity contribution in [2.75, 3.05) is 14.2 Å². The number of benzene rings is 1. The highest BCUT2D eigenvalue weighted by molar-refractivity contribution is 5.27. The van der Waals surface area contributed by atoms with Gasteiger partial charge in [-0.25, -0.2) is 0 Å². The minimum atomic E-state index is 0.574. The number of rotatable bonds is 9. The molecule has 19 heavy (non-hydrogen) atoms. The summed E-state index contributed by atoms with van der Waals surface area (Å²) in [6.45, 7) is 4.57. The fourth-order valence-corrected chi connectivity index (χ4v) is 2.68. The minimum Gasteiger partial charge on any atom is -0.497 e. The number of hydrogen-bond donors (Lipinski definition) is 1.